The average molecular weight is 439 g/mol. The molecule has 3 aromatic rings. The van der Waals surface area contributed by atoms with Gasteiger partial charge in [0, 0.05) is 43.3 Å². The fraction of sp³-hybridized carbons (Fsp3) is 0.227. The average Bonchev–Trinajstić information content (AvgIpc) is 3.18. The van der Waals surface area contributed by atoms with Gasteiger partial charge in [-0.05, 0) is 18.2 Å². The van der Waals surface area contributed by atoms with Crippen LogP contribution in [-0.2, 0) is 14.8 Å². The molecule has 4 rings (SSSR count). The Morgan fingerprint density at radius 1 is 0.806 bits per heavy atom. The van der Waals surface area contributed by atoms with Gasteiger partial charge in [0.25, 0.3) is 17.6 Å². The zero-order chi connectivity index (χ0) is 22.2. The molecule has 0 saturated carbocycles. The molecule has 2 amide bonds. The summed E-state index contributed by atoms with van der Waals surface area (Å²) in [7, 11) is -3.64. The molecule has 1 aromatic heterocycles. The van der Waals surface area contributed by atoms with E-state index in [1.54, 1.807) is 53.4 Å². The molecule has 1 aliphatic heterocycles. The first-order chi connectivity index (χ1) is 14.8. The smallest absolute Gasteiger partial charge is 0.295 e. The molecule has 8 nitrogen and oxygen atoms in total. The van der Waals surface area contributed by atoms with Gasteiger partial charge in [0.05, 0.1) is 17.3 Å². The third-order valence-corrected chi connectivity index (χ3v) is 6.37. The molecule has 0 unspecified atom stereocenters. The third-order valence-electron chi connectivity index (χ3n) is 5.35. The van der Waals surface area contributed by atoms with Gasteiger partial charge in [0.15, 0.2) is 0 Å². The predicted molar refractivity (Wildman–Crippen MR) is 115 cm³/mol. The fourth-order valence-electron chi connectivity index (χ4n) is 3.74. The second-order valence-electron chi connectivity index (χ2n) is 7.40. The quantitative estimate of drug-likeness (QED) is 0.455. The molecule has 0 aliphatic carbocycles. The van der Waals surface area contributed by atoms with Crippen molar-refractivity contribution < 1.29 is 22.8 Å². The molecule has 1 fully saturated rings. The highest BCUT2D eigenvalue weighted by Gasteiger charge is 2.31. The molecular weight excluding hydrogens is 418 g/mol. The molecule has 0 radical (unpaired) electrons. The van der Waals surface area contributed by atoms with Gasteiger partial charge in [0.2, 0.25) is 10.0 Å². The van der Waals surface area contributed by atoms with Crippen molar-refractivity contribution in [3.63, 3.8) is 0 Å². The Morgan fingerprint density at radius 2 is 1.39 bits per heavy atom. The molecular formula is C22H21N3O5S. The van der Waals surface area contributed by atoms with Crippen LogP contribution in [0.25, 0.3) is 10.9 Å². The Bertz CT molecular complexity index is 1270. The molecule has 160 valence electrons. The standard InChI is InChI=1S/C22H21N3O5S/c1-31(29,30)25-15-18(17-9-5-6-10-19(17)25)20(26)22(28)24-13-11-23(12-14-24)21(27)16-7-3-2-4-8-16/h2-10,15H,11-14H2,1H3. The summed E-state index contributed by atoms with van der Waals surface area (Å²) in [5.74, 6) is -1.58. The number of piperazine rings is 1. The van der Waals surface area contributed by atoms with Gasteiger partial charge >= 0.3 is 0 Å². The van der Waals surface area contributed by atoms with Crippen molar-refractivity contribution in [3.8, 4) is 0 Å². The van der Waals surface area contributed by atoms with E-state index in [0.717, 1.165) is 10.2 Å². The largest absolute Gasteiger partial charge is 0.335 e. The summed E-state index contributed by atoms with van der Waals surface area (Å²) in [5.41, 5.74) is 0.972. The second-order valence-corrected chi connectivity index (χ2v) is 9.26. The fourth-order valence-corrected chi connectivity index (χ4v) is 4.55. The summed E-state index contributed by atoms with van der Waals surface area (Å²) in [6, 6.07) is 15.5. The number of carbonyl (C=O) groups is 3. The Morgan fingerprint density at radius 3 is 2.03 bits per heavy atom. The van der Waals surface area contributed by atoms with E-state index in [1.165, 1.54) is 11.1 Å². The van der Waals surface area contributed by atoms with Crippen LogP contribution in [0.15, 0.2) is 60.8 Å². The first-order valence-corrected chi connectivity index (χ1v) is 11.6. The summed E-state index contributed by atoms with van der Waals surface area (Å²) < 4.78 is 25.2. The zero-order valence-electron chi connectivity index (χ0n) is 16.9. The molecule has 1 saturated heterocycles. The topological polar surface area (TPSA) is 96.8 Å². The highest BCUT2D eigenvalue weighted by molar-refractivity contribution is 7.89. The summed E-state index contributed by atoms with van der Waals surface area (Å²) >= 11 is 0. The molecule has 2 heterocycles. The van der Waals surface area contributed by atoms with Crippen LogP contribution in [0.5, 0.6) is 0 Å². The number of amides is 2. The Hall–Kier alpha value is -3.46. The minimum atomic E-state index is -3.64. The molecule has 0 atom stereocenters. The van der Waals surface area contributed by atoms with Crippen LogP contribution in [0.4, 0.5) is 0 Å². The number of hydrogen-bond acceptors (Lipinski definition) is 5. The number of Topliss-reactive ketones (excluding diaryl/α,β-unsaturated/α-hetero) is 1. The second kappa shape index (κ2) is 7.99. The van der Waals surface area contributed by atoms with Crippen LogP contribution in [0.3, 0.4) is 0 Å². The van der Waals surface area contributed by atoms with E-state index in [-0.39, 0.29) is 24.6 Å². The van der Waals surface area contributed by atoms with Gasteiger partial charge in [0.1, 0.15) is 0 Å². The van der Waals surface area contributed by atoms with E-state index in [2.05, 4.69) is 0 Å². The number of carbonyl (C=O) groups excluding carboxylic acids is 3. The van der Waals surface area contributed by atoms with Crippen molar-refractivity contribution in [2.75, 3.05) is 32.4 Å². The summed E-state index contributed by atoms with van der Waals surface area (Å²) in [6.45, 7) is 1.09. The van der Waals surface area contributed by atoms with E-state index in [4.69, 9.17) is 0 Å². The van der Waals surface area contributed by atoms with Crippen molar-refractivity contribution in [2.24, 2.45) is 0 Å². The molecule has 1 aliphatic rings. The lowest BCUT2D eigenvalue weighted by Crippen LogP contribution is -2.52. The summed E-state index contributed by atoms with van der Waals surface area (Å²) in [6.07, 6.45) is 2.24. The number of ketones is 1. The lowest BCUT2D eigenvalue weighted by atomic mass is 10.1. The maximum absolute atomic E-state index is 13.0. The minimum Gasteiger partial charge on any atom is -0.335 e. The predicted octanol–water partition coefficient (Wildman–Crippen LogP) is 1.62. The maximum Gasteiger partial charge on any atom is 0.295 e. The number of rotatable bonds is 4. The van der Waals surface area contributed by atoms with Gasteiger partial charge in [-0.2, -0.15) is 0 Å². The van der Waals surface area contributed by atoms with Crippen molar-refractivity contribution >= 4 is 38.5 Å². The van der Waals surface area contributed by atoms with E-state index in [1.807, 2.05) is 6.07 Å². The van der Waals surface area contributed by atoms with Gasteiger partial charge in [-0.15, -0.1) is 0 Å². The first-order valence-electron chi connectivity index (χ1n) is 9.76. The van der Waals surface area contributed by atoms with Gasteiger partial charge in [-0.3, -0.25) is 14.4 Å². The maximum atomic E-state index is 13.0. The summed E-state index contributed by atoms with van der Waals surface area (Å²) in [4.78, 5) is 41.4. The normalized spacial score (nSPS) is 14.6. The molecule has 0 bridgehead atoms. The molecule has 0 N–H and O–H groups in total. The van der Waals surface area contributed by atoms with Crippen LogP contribution in [-0.4, -0.2) is 72.2 Å². The minimum absolute atomic E-state index is 0.0498. The number of hydrogen-bond donors (Lipinski definition) is 0. The van der Waals surface area contributed by atoms with Crippen LogP contribution in [0, 0.1) is 0 Å². The lowest BCUT2D eigenvalue weighted by molar-refractivity contribution is -0.127. The van der Waals surface area contributed by atoms with Crippen molar-refractivity contribution in [2.45, 2.75) is 0 Å². The monoisotopic (exact) mass is 439 g/mol. The SMILES string of the molecule is CS(=O)(=O)n1cc(C(=O)C(=O)N2CCN(C(=O)c3ccccc3)CC2)c2ccccc21. The number of para-hydroxylation sites is 1. The van der Waals surface area contributed by atoms with Gasteiger partial charge in [-0.25, -0.2) is 12.4 Å². The third kappa shape index (κ3) is 3.96. The van der Waals surface area contributed by atoms with Crippen LogP contribution in [0.2, 0.25) is 0 Å². The number of aromatic nitrogens is 1. The molecule has 9 heteroatoms. The van der Waals surface area contributed by atoms with Crippen molar-refractivity contribution in [1.29, 1.82) is 0 Å². The lowest BCUT2D eigenvalue weighted by Gasteiger charge is -2.34. The Balaban J connectivity index is 1.51. The Kier molecular flexibility index (Phi) is 5.36. The Labute approximate surface area is 179 Å². The first kappa shape index (κ1) is 20.8. The van der Waals surface area contributed by atoms with E-state index < -0.39 is 21.7 Å². The van der Waals surface area contributed by atoms with Crippen LogP contribution >= 0.6 is 0 Å². The number of nitrogens with zero attached hydrogens (tertiary/aromatic N) is 3. The van der Waals surface area contributed by atoms with Gasteiger partial charge in [-0.1, -0.05) is 36.4 Å². The highest BCUT2D eigenvalue weighted by Crippen LogP contribution is 2.24. The van der Waals surface area contributed by atoms with E-state index in [9.17, 15) is 22.8 Å². The molecule has 31 heavy (non-hydrogen) atoms. The van der Waals surface area contributed by atoms with Gasteiger partial charge < -0.3 is 9.80 Å². The van der Waals surface area contributed by atoms with E-state index >= 15 is 0 Å². The zero-order valence-corrected chi connectivity index (χ0v) is 17.7. The molecule has 2 aromatic carbocycles. The number of benzene rings is 2. The summed E-state index contributed by atoms with van der Waals surface area (Å²) in [5, 5.41) is 0.407. The van der Waals surface area contributed by atoms with Crippen molar-refractivity contribution in [3.05, 3.63) is 71.9 Å². The van der Waals surface area contributed by atoms with E-state index in [0.29, 0.717) is 29.6 Å². The number of fused-ring (bicyclic) bond motifs is 1. The molecule has 0 spiro atoms. The van der Waals surface area contributed by atoms with Crippen molar-refractivity contribution in [1.82, 2.24) is 13.8 Å². The van der Waals surface area contributed by atoms with Crippen LogP contribution in [0.1, 0.15) is 20.7 Å². The van der Waals surface area contributed by atoms with Crippen LogP contribution < -0.4 is 0 Å². The highest BCUT2D eigenvalue weighted by atomic mass is 32.2.